The first kappa shape index (κ1) is 20.2. The van der Waals surface area contributed by atoms with Crippen LogP contribution >= 0.6 is 0 Å². The van der Waals surface area contributed by atoms with Gasteiger partial charge in [-0.25, -0.2) is 4.98 Å². The molecule has 0 N–H and O–H groups in total. The van der Waals surface area contributed by atoms with Crippen LogP contribution in [0.1, 0.15) is 40.9 Å². The monoisotopic (exact) mass is 398 g/mol. The standard InChI is InChI=1S/C27H30N2O/c1-20-11-4-5-14-23(20)19-26-28-24-15-6-7-16-25(24)29(26)17-8-9-18-30-27-21(2)12-10-13-22(27)3/h4-7,10-16H,8-9,17-19H2,1-3H3. The molecule has 0 aliphatic rings. The van der Waals surface area contributed by atoms with E-state index in [9.17, 15) is 0 Å². The number of aryl methyl sites for hydroxylation is 4. The lowest BCUT2D eigenvalue weighted by Gasteiger charge is -2.13. The number of benzene rings is 3. The molecule has 1 aromatic heterocycles. The average Bonchev–Trinajstić information content (AvgIpc) is 3.08. The summed E-state index contributed by atoms with van der Waals surface area (Å²) >= 11 is 0. The number of imidazole rings is 1. The molecule has 30 heavy (non-hydrogen) atoms. The lowest BCUT2D eigenvalue weighted by molar-refractivity contribution is 0.299. The van der Waals surface area contributed by atoms with Crippen LogP contribution < -0.4 is 4.74 Å². The van der Waals surface area contributed by atoms with Crippen molar-refractivity contribution in [1.82, 2.24) is 9.55 Å². The van der Waals surface area contributed by atoms with Gasteiger partial charge in [-0.2, -0.15) is 0 Å². The van der Waals surface area contributed by atoms with Gasteiger partial charge in [0.2, 0.25) is 0 Å². The Balaban J connectivity index is 1.45. The Morgan fingerprint density at radius 1 is 0.767 bits per heavy atom. The van der Waals surface area contributed by atoms with Gasteiger partial charge in [-0.05, 0) is 68.0 Å². The van der Waals surface area contributed by atoms with Crippen LogP contribution in [0, 0.1) is 20.8 Å². The van der Waals surface area contributed by atoms with Crippen molar-refractivity contribution in [3.8, 4) is 5.75 Å². The minimum atomic E-state index is 0.742. The van der Waals surface area contributed by atoms with Crippen LogP contribution in [0.15, 0.2) is 66.7 Å². The molecule has 0 aliphatic heterocycles. The normalized spacial score (nSPS) is 11.2. The molecule has 0 atom stereocenters. The van der Waals surface area contributed by atoms with Crippen molar-refractivity contribution in [3.05, 3.63) is 94.8 Å². The van der Waals surface area contributed by atoms with E-state index in [-0.39, 0.29) is 0 Å². The van der Waals surface area contributed by atoms with Crippen molar-refractivity contribution in [2.45, 2.75) is 46.6 Å². The maximum atomic E-state index is 6.09. The molecular weight excluding hydrogens is 368 g/mol. The summed E-state index contributed by atoms with van der Waals surface area (Å²) in [5, 5.41) is 0. The fourth-order valence-corrected chi connectivity index (χ4v) is 4.06. The van der Waals surface area contributed by atoms with Gasteiger partial charge in [0.05, 0.1) is 17.6 Å². The number of aromatic nitrogens is 2. The van der Waals surface area contributed by atoms with Crippen molar-refractivity contribution in [2.24, 2.45) is 0 Å². The topological polar surface area (TPSA) is 27.1 Å². The first-order chi connectivity index (χ1) is 14.6. The predicted octanol–water partition coefficient (Wildman–Crippen LogP) is 6.41. The van der Waals surface area contributed by atoms with Crippen LogP contribution in [0.25, 0.3) is 11.0 Å². The summed E-state index contributed by atoms with van der Waals surface area (Å²) in [4.78, 5) is 4.95. The fraction of sp³-hybridized carbons (Fsp3) is 0.296. The van der Waals surface area contributed by atoms with E-state index in [0.717, 1.165) is 49.5 Å². The summed E-state index contributed by atoms with van der Waals surface area (Å²) in [6.07, 6.45) is 2.94. The van der Waals surface area contributed by atoms with Gasteiger partial charge in [0.15, 0.2) is 0 Å². The van der Waals surface area contributed by atoms with Gasteiger partial charge in [-0.3, -0.25) is 0 Å². The van der Waals surface area contributed by atoms with Crippen LogP contribution in [-0.4, -0.2) is 16.2 Å². The Bertz CT molecular complexity index is 1120. The Morgan fingerprint density at radius 2 is 1.47 bits per heavy atom. The quantitative estimate of drug-likeness (QED) is 0.321. The molecule has 1 heterocycles. The van der Waals surface area contributed by atoms with Gasteiger partial charge in [0, 0.05) is 13.0 Å². The third-order valence-electron chi connectivity index (χ3n) is 5.77. The van der Waals surface area contributed by atoms with Gasteiger partial charge in [-0.1, -0.05) is 54.6 Å². The molecule has 3 nitrogen and oxygen atoms in total. The molecule has 3 aromatic carbocycles. The number of ether oxygens (including phenoxy) is 1. The average molecular weight is 399 g/mol. The van der Waals surface area contributed by atoms with E-state index in [1.54, 1.807) is 0 Å². The van der Waals surface area contributed by atoms with Crippen LogP contribution in [0.4, 0.5) is 0 Å². The molecule has 0 amide bonds. The number of hydrogen-bond donors (Lipinski definition) is 0. The first-order valence-electron chi connectivity index (χ1n) is 10.8. The third kappa shape index (κ3) is 4.40. The highest BCUT2D eigenvalue weighted by molar-refractivity contribution is 5.76. The van der Waals surface area contributed by atoms with Crippen molar-refractivity contribution in [2.75, 3.05) is 6.61 Å². The van der Waals surface area contributed by atoms with Gasteiger partial charge in [-0.15, -0.1) is 0 Å². The minimum absolute atomic E-state index is 0.742. The predicted molar refractivity (Wildman–Crippen MR) is 124 cm³/mol. The lowest BCUT2D eigenvalue weighted by Crippen LogP contribution is -2.07. The molecule has 0 unspecified atom stereocenters. The summed E-state index contributed by atoms with van der Waals surface area (Å²) in [7, 11) is 0. The first-order valence-corrected chi connectivity index (χ1v) is 10.8. The molecule has 4 aromatic rings. The highest BCUT2D eigenvalue weighted by atomic mass is 16.5. The molecule has 0 aliphatic carbocycles. The van der Waals surface area contributed by atoms with Crippen molar-refractivity contribution < 1.29 is 4.74 Å². The van der Waals surface area contributed by atoms with Crippen LogP contribution in [0.2, 0.25) is 0 Å². The van der Waals surface area contributed by atoms with Crippen LogP contribution in [0.5, 0.6) is 5.75 Å². The van der Waals surface area contributed by atoms with E-state index >= 15 is 0 Å². The Morgan fingerprint density at radius 3 is 2.27 bits per heavy atom. The fourth-order valence-electron chi connectivity index (χ4n) is 4.06. The zero-order chi connectivity index (χ0) is 20.9. The zero-order valence-corrected chi connectivity index (χ0v) is 18.2. The summed E-state index contributed by atoms with van der Waals surface area (Å²) in [6.45, 7) is 8.09. The van der Waals surface area contributed by atoms with Gasteiger partial charge in [0.1, 0.15) is 11.6 Å². The second kappa shape index (κ2) is 9.17. The molecule has 0 saturated carbocycles. The number of hydrogen-bond acceptors (Lipinski definition) is 2. The second-order valence-corrected chi connectivity index (χ2v) is 8.05. The summed E-state index contributed by atoms with van der Waals surface area (Å²) in [5.41, 5.74) is 7.36. The molecule has 154 valence electrons. The lowest BCUT2D eigenvalue weighted by atomic mass is 10.1. The van der Waals surface area contributed by atoms with Crippen LogP contribution in [0.3, 0.4) is 0 Å². The third-order valence-corrected chi connectivity index (χ3v) is 5.77. The second-order valence-electron chi connectivity index (χ2n) is 8.05. The van der Waals surface area contributed by atoms with Crippen molar-refractivity contribution in [3.63, 3.8) is 0 Å². The zero-order valence-electron chi connectivity index (χ0n) is 18.2. The Hall–Kier alpha value is -3.07. The largest absolute Gasteiger partial charge is 0.493 e. The number of unbranched alkanes of at least 4 members (excludes halogenated alkanes) is 1. The van der Waals surface area contributed by atoms with Gasteiger partial charge < -0.3 is 9.30 Å². The number of fused-ring (bicyclic) bond motifs is 1. The molecule has 0 spiro atoms. The maximum Gasteiger partial charge on any atom is 0.125 e. The molecule has 0 bridgehead atoms. The molecular formula is C27H30N2O. The smallest absolute Gasteiger partial charge is 0.125 e. The summed E-state index contributed by atoms with van der Waals surface area (Å²) in [6, 6.07) is 23.3. The van der Waals surface area contributed by atoms with E-state index in [4.69, 9.17) is 9.72 Å². The van der Waals surface area contributed by atoms with Gasteiger partial charge in [0.25, 0.3) is 0 Å². The SMILES string of the molecule is Cc1ccccc1Cc1nc2ccccc2n1CCCCOc1c(C)cccc1C. The molecule has 3 heteroatoms. The molecule has 0 radical (unpaired) electrons. The Labute approximate surface area is 179 Å². The molecule has 0 fully saturated rings. The molecule has 4 rings (SSSR count). The van der Waals surface area contributed by atoms with Crippen molar-refractivity contribution in [1.29, 1.82) is 0 Å². The highest BCUT2D eigenvalue weighted by Gasteiger charge is 2.12. The van der Waals surface area contributed by atoms with E-state index in [1.165, 1.54) is 27.8 Å². The summed E-state index contributed by atoms with van der Waals surface area (Å²) < 4.78 is 8.48. The maximum absolute atomic E-state index is 6.09. The van der Waals surface area contributed by atoms with E-state index < -0.39 is 0 Å². The summed E-state index contributed by atoms with van der Waals surface area (Å²) in [5.74, 6) is 2.17. The number of para-hydroxylation sites is 3. The minimum Gasteiger partial charge on any atom is -0.493 e. The van der Waals surface area contributed by atoms with Gasteiger partial charge >= 0.3 is 0 Å². The number of nitrogens with zero attached hydrogens (tertiary/aromatic N) is 2. The van der Waals surface area contributed by atoms with Crippen LogP contribution in [-0.2, 0) is 13.0 Å². The van der Waals surface area contributed by atoms with E-state index in [1.807, 2.05) is 0 Å². The van der Waals surface area contributed by atoms with E-state index in [2.05, 4.69) is 92.1 Å². The van der Waals surface area contributed by atoms with E-state index in [0.29, 0.717) is 0 Å². The molecule has 0 saturated heterocycles. The van der Waals surface area contributed by atoms with Crippen molar-refractivity contribution >= 4 is 11.0 Å². The highest BCUT2D eigenvalue weighted by Crippen LogP contribution is 2.23. The number of rotatable bonds is 8. The Kier molecular flexibility index (Phi) is 6.18.